The fourth-order valence-corrected chi connectivity index (χ4v) is 5.34. The molecule has 2 aliphatic rings. The molecule has 0 amide bonds. The smallest absolute Gasteiger partial charge is 0.395 e. The molecule has 7 rings (SSSR count). The number of benzene rings is 2. The standard InChI is InChI=1S/C27H24F2N6O2/c1-14(2)19-13-30-35-25(19)33-24(17-7-5-9-22-23(17)37-27(28,29)36-22)34-26(35)31-15-10-11-21-18(12-15)16-6-3-4-8-20(16)32-21/h3-9,13-15,32H,10-12H2,1-2H3,(H,31,33,34)/t15-/m1/s1. The van der Waals surface area contributed by atoms with E-state index >= 15 is 0 Å². The van der Waals surface area contributed by atoms with Crippen molar-refractivity contribution in [2.75, 3.05) is 5.32 Å². The van der Waals surface area contributed by atoms with E-state index in [0.717, 1.165) is 30.3 Å². The van der Waals surface area contributed by atoms with Gasteiger partial charge in [-0.05, 0) is 48.9 Å². The number of rotatable bonds is 4. The Labute approximate surface area is 210 Å². The number of ether oxygens (including phenoxy) is 2. The Balaban J connectivity index is 1.31. The summed E-state index contributed by atoms with van der Waals surface area (Å²) in [7, 11) is 0. The van der Waals surface area contributed by atoms with Crippen LogP contribution in [0.25, 0.3) is 27.9 Å². The minimum Gasteiger partial charge on any atom is -0.395 e. The third-order valence-corrected chi connectivity index (χ3v) is 7.12. The number of aromatic nitrogens is 5. The van der Waals surface area contributed by atoms with Crippen molar-refractivity contribution < 1.29 is 18.3 Å². The summed E-state index contributed by atoms with van der Waals surface area (Å²) in [6.07, 6.45) is 0.685. The molecule has 0 fully saturated rings. The van der Waals surface area contributed by atoms with Gasteiger partial charge < -0.3 is 19.8 Å². The number of H-pyrrole nitrogens is 1. The van der Waals surface area contributed by atoms with Gasteiger partial charge in [-0.3, -0.25) is 0 Å². The number of anilines is 1. The van der Waals surface area contributed by atoms with E-state index in [-0.39, 0.29) is 29.3 Å². The molecule has 10 heteroatoms. The maximum atomic E-state index is 13.9. The summed E-state index contributed by atoms with van der Waals surface area (Å²) in [6, 6.07) is 13.2. The zero-order valence-corrected chi connectivity index (χ0v) is 20.3. The van der Waals surface area contributed by atoms with Crippen molar-refractivity contribution in [2.24, 2.45) is 0 Å². The van der Waals surface area contributed by atoms with Gasteiger partial charge in [0.2, 0.25) is 5.95 Å². The van der Waals surface area contributed by atoms with E-state index in [1.165, 1.54) is 22.7 Å². The highest BCUT2D eigenvalue weighted by molar-refractivity contribution is 5.85. The van der Waals surface area contributed by atoms with Crippen molar-refractivity contribution in [1.29, 1.82) is 0 Å². The molecule has 188 valence electrons. The summed E-state index contributed by atoms with van der Waals surface area (Å²) in [6.45, 7) is 4.12. The average Bonchev–Trinajstić information content (AvgIpc) is 3.55. The van der Waals surface area contributed by atoms with Crippen molar-refractivity contribution in [1.82, 2.24) is 24.6 Å². The second-order valence-electron chi connectivity index (χ2n) is 9.87. The van der Waals surface area contributed by atoms with E-state index in [4.69, 9.17) is 14.7 Å². The third kappa shape index (κ3) is 3.58. The lowest BCUT2D eigenvalue weighted by atomic mass is 9.91. The number of aromatic amines is 1. The highest BCUT2D eigenvalue weighted by Gasteiger charge is 2.45. The second kappa shape index (κ2) is 7.89. The van der Waals surface area contributed by atoms with E-state index in [1.807, 2.05) is 6.07 Å². The number of nitrogens with zero attached hydrogens (tertiary/aromatic N) is 4. The Morgan fingerprint density at radius 2 is 1.97 bits per heavy atom. The molecular weight excluding hydrogens is 478 g/mol. The van der Waals surface area contributed by atoms with Crippen LogP contribution in [0.2, 0.25) is 0 Å². The van der Waals surface area contributed by atoms with Crippen molar-refractivity contribution >= 4 is 22.5 Å². The molecule has 0 radical (unpaired) electrons. The topological polar surface area (TPSA) is 89.4 Å². The number of hydrogen-bond donors (Lipinski definition) is 2. The molecule has 1 aliphatic heterocycles. The monoisotopic (exact) mass is 502 g/mol. The lowest BCUT2D eigenvalue weighted by Gasteiger charge is -2.24. The summed E-state index contributed by atoms with van der Waals surface area (Å²) in [5, 5.41) is 9.38. The minimum absolute atomic E-state index is 0.0442. The van der Waals surface area contributed by atoms with Crippen LogP contribution in [0.5, 0.6) is 11.5 Å². The van der Waals surface area contributed by atoms with E-state index in [1.54, 1.807) is 22.8 Å². The number of hydrogen-bond acceptors (Lipinski definition) is 6. The second-order valence-corrected chi connectivity index (χ2v) is 9.87. The Hall–Kier alpha value is -4.21. The first-order chi connectivity index (χ1) is 17.9. The highest BCUT2D eigenvalue weighted by atomic mass is 19.3. The first-order valence-electron chi connectivity index (χ1n) is 12.4. The van der Waals surface area contributed by atoms with Gasteiger partial charge >= 0.3 is 6.29 Å². The number of halogens is 2. The van der Waals surface area contributed by atoms with Crippen LogP contribution < -0.4 is 14.8 Å². The molecule has 2 aromatic carbocycles. The summed E-state index contributed by atoms with van der Waals surface area (Å²) in [4.78, 5) is 13.0. The first kappa shape index (κ1) is 22.0. The Bertz CT molecular complexity index is 1670. The van der Waals surface area contributed by atoms with Gasteiger partial charge in [0.1, 0.15) is 0 Å². The zero-order chi connectivity index (χ0) is 25.3. The van der Waals surface area contributed by atoms with Gasteiger partial charge in [0.05, 0.1) is 11.8 Å². The zero-order valence-electron chi connectivity index (χ0n) is 20.3. The molecule has 0 unspecified atom stereocenters. The normalized spacial score (nSPS) is 18.0. The summed E-state index contributed by atoms with van der Waals surface area (Å²) < 4.78 is 39.0. The van der Waals surface area contributed by atoms with Crippen LogP contribution in [0, 0.1) is 0 Å². The number of aryl methyl sites for hydroxylation is 1. The van der Waals surface area contributed by atoms with E-state index in [0.29, 0.717) is 17.2 Å². The van der Waals surface area contributed by atoms with Gasteiger partial charge in [-0.25, -0.2) is 4.98 Å². The van der Waals surface area contributed by atoms with Crippen LogP contribution in [-0.2, 0) is 12.8 Å². The molecule has 0 bridgehead atoms. The van der Waals surface area contributed by atoms with Crippen molar-refractivity contribution in [3.63, 3.8) is 0 Å². The number of para-hydroxylation sites is 2. The van der Waals surface area contributed by atoms with E-state index in [2.05, 4.69) is 52.2 Å². The quantitative estimate of drug-likeness (QED) is 0.328. The van der Waals surface area contributed by atoms with Gasteiger partial charge in [-0.1, -0.05) is 38.1 Å². The maximum absolute atomic E-state index is 13.9. The average molecular weight is 503 g/mol. The van der Waals surface area contributed by atoms with Crippen LogP contribution in [0.4, 0.5) is 14.7 Å². The van der Waals surface area contributed by atoms with Gasteiger partial charge in [-0.2, -0.15) is 14.6 Å². The van der Waals surface area contributed by atoms with Crippen molar-refractivity contribution in [3.8, 4) is 22.9 Å². The predicted molar refractivity (Wildman–Crippen MR) is 134 cm³/mol. The van der Waals surface area contributed by atoms with Crippen LogP contribution in [0.1, 0.15) is 43.0 Å². The molecule has 1 aliphatic carbocycles. The third-order valence-electron chi connectivity index (χ3n) is 7.12. The molecule has 5 aromatic rings. The maximum Gasteiger partial charge on any atom is 0.586 e. The van der Waals surface area contributed by atoms with Crippen molar-refractivity contribution in [3.05, 3.63) is 65.5 Å². The lowest BCUT2D eigenvalue weighted by Crippen LogP contribution is -2.29. The SMILES string of the molecule is CC(C)c1cnn2c(N[C@@H]3CCc4[nH]c5ccccc5c4C3)nc(-c3cccc4c3OC(F)(F)O4)nc12. The Morgan fingerprint density at radius 3 is 2.84 bits per heavy atom. The predicted octanol–water partition coefficient (Wildman–Crippen LogP) is 5.69. The highest BCUT2D eigenvalue weighted by Crippen LogP contribution is 2.46. The molecule has 37 heavy (non-hydrogen) atoms. The van der Waals surface area contributed by atoms with Gasteiger partial charge in [0.15, 0.2) is 23.0 Å². The number of fused-ring (bicyclic) bond motifs is 5. The van der Waals surface area contributed by atoms with Gasteiger partial charge in [0.25, 0.3) is 0 Å². The van der Waals surface area contributed by atoms with Crippen LogP contribution in [0.3, 0.4) is 0 Å². The number of alkyl halides is 2. The molecule has 0 spiro atoms. The summed E-state index contributed by atoms with van der Waals surface area (Å²) in [5.74, 6) is 0.802. The first-order valence-corrected chi connectivity index (χ1v) is 12.4. The molecule has 0 saturated carbocycles. The lowest BCUT2D eigenvalue weighted by molar-refractivity contribution is -0.286. The summed E-state index contributed by atoms with van der Waals surface area (Å²) >= 11 is 0. The largest absolute Gasteiger partial charge is 0.586 e. The van der Waals surface area contributed by atoms with Crippen LogP contribution in [0.15, 0.2) is 48.7 Å². The molecule has 8 nitrogen and oxygen atoms in total. The molecule has 0 saturated heterocycles. The molecule has 3 aromatic heterocycles. The van der Waals surface area contributed by atoms with E-state index < -0.39 is 6.29 Å². The number of nitrogens with one attached hydrogen (secondary N) is 2. The fraction of sp³-hybridized carbons (Fsp3) is 0.296. The van der Waals surface area contributed by atoms with Crippen LogP contribution >= 0.6 is 0 Å². The summed E-state index contributed by atoms with van der Waals surface area (Å²) in [5.41, 5.74) is 5.61. The van der Waals surface area contributed by atoms with Gasteiger partial charge in [0, 0.05) is 28.2 Å². The van der Waals surface area contributed by atoms with E-state index in [9.17, 15) is 8.78 Å². The Kier molecular flexibility index (Phi) is 4.70. The molecule has 1 atom stereocenters. The minimum atomic E-state index is -3.73. The fourth-order valence-electron chi connectivity index (χ4n) is 5.34. The van der Waals surface area contributed by atoms with Gasteiger partial charge in [-0.15, -0.1) is 8.78 Å². The molecule has 2 N–H and O–H groups in total. The Morgan fingerprint density at radius 1 is 1.11 bits per heavy atom. The van der Waals surface area contributed by atoms with Crippen molar-refractivity contribution in [2.45, 2.75) is 51.4 Å². The molecule has 4 heterocycles. The van der Waals surface area contributed by atoms with Crippen LogP contribution in [-0.4, -0.2) is 36.9 Å². The molecular formula is C27H24F2N6O2.